The van der Waals surface area contributed by atoms with E-state index in [-0.39, 0.29) is 18.0 Å². The molecule has 0 spiro atoms. The first-order chi connectivity index (χ1) is 10.9. The lowest BCUT2D eigenvalue weighted by molar-refractivity contribution is -0.130. The number of rotatable bonds is 4. The van der Waals surface area contributed by atoms with Crippen molar-refractivity contribution in [2.75, 3.05) is 32.8 Å². The molecule has 0 saturated carbocycles. The number of nitrogens with zero attached hydrogens (tertiary/aromatic N) is 3. The fourth-order valence-electron chi connectivity index (χ4n) is 2.84. The Morgan fingerprint density at radius 1 is 1.43 bits per heavy atom. The highest BCUT2D eigenvalue weighted by molar-refractivity contribution is 7.09. The number of thiazole rings is 1. The molecular weight excluding hydrogens is 316 g/mol. The Kier molecular flexibility index (Phi) is 4.39. The summed E-state index contributed by atoms with van der Waals surface area (Å²) in [5.41, 5.74) is 0.204. The fourth-order valence-corrected chi connectivity index (χ4v) is 3.67. The maximum absolute atomic E-state index is 12.2. The lowest BCUT2D eigenvalue weighted by Crippen LogP contribution is -2.45. The molecule has 2 aliphatic rings. The largest absolute Gasteiger partial charge is 0.368 e. The number of imide groups is 1. The normalized spacial score (nSPS) is 25.0. The molecule has 126 valence electrons. The van der Waals surface area contributed by atoms with Crippen molar-refractivity contribution in [1.29, 1.82) is 0 Å². The minimum atomic E-state index is -0.803. The minimum absolute atomic E-state index is 0.0259. The van der Waals surface area contributed by atoms with Gasteiger partial charge in [-0.25, -0.2) is 9.78 Å². The molecule has 2 saturated heterocycles. The summed E-state index contributed by atoms with van der Waals surface area (Å²) < 4.78 is 5.80. The third-order valence-corrected chi connectivity index (χ3v) is 5.20. The van der Waals surface area contributed by atoms with Crippen LogP contribution in [0, 0.1) is 6.92 Å². The summed E-state index contributed by atoms with van der Waals surface area (Å²) in [6, 6.07) is -0.305. The smallest absolute Gasteiger partial charge is 0.325 e. The highest BCUT2D eigenvalue weighted by Crippen LogP contribution is 2.25. The number of hydrogen-bond donors (Lipinski definition) is 1. The molecule has 1 aromatic heterocycles. The van der Waals surface area contributed by atoms with Gasteiger partial charge in [-0.15, -0.1) is 11.3 Å². The van der Waals surface area contributed by atoms with Crippen LogP contribution >= 0.6 is 11.3 Å². The second-order valence-electron chi connectivity index (χ2n) is 6.50. The molecular formula is C15H22N4O3S. The molecule has 1 atom stereocenters. The average molecular weight is 338 g/mol. The summed E-state index contributed by atoms with van der Waals surface area (Å²) in [7, 11) is 0. The molecule has 3 heterocycles. The zero-order chi connectivity index (χ0) is 16.6. The van der Waals surface area contributed by atoms with Gasteiger partial charge in [0, 0.05) is 37.3 Å². The molecule has 0 radical (unpaired) electrons. The number of aryl methyl sites for hydroxylation is 1. The summed E-state index contributed by atoms with van der Waals surface area (Å²) in [6.45, 7) is 8.64. The molecule has 1 aromatic rings. The summed E-state index contributed by atoms with van der Waals surface area (Å²) in [6.07, 6.45) is -0.0259. The predicted molar refractivity (Wildman–Crippen MR) is 86.3 cm³/mol. The number of aromatic nitrogens is 1. The van der Waals surface area contributed by atoms with E-state index in [1.165, 1.54) is 4.90 Å². The van der Waals surface area contributed by atoms with Crippen LogP contribution in [0.1, 0.15) is 30.7 Å². The Bertz CT molecular complexity index is 616. The first-order valence-electron chi connectivity index (χ1n) is 7.77. The Balaban J connectivity index is 1.56. The number of nitrogens with one attached hydrogen (secondary N) is 1. The van der Waals surface area contributed by atoms with E-state index in [2.05, 4.69) is 15.2 Å². The number of hydrogen-bond acceptors (Lipinski definition) is 6. The van der Waals surface area contributed by atoms with E-state index >= 15 is 0 Å². The Morgan fingerprint density at radius 2 is 2.22 bits per heavy atom. The molecule has 3 amide bonds. The van der Waals surface area contributed by atoms with Gasteiger partial charge in [0.2, 0.25) is 0 Å². The molecule has 2 aliphatic heterocycles. The third kappa shape index (κ3) is 3.39. The number of urea groups is 1. The molecule has 8 heteroatoms. The van der Waals surface area contributed by atoms with Gasteiger partial charge in [0.05, 0.1) is 6.61 Å². The van der Waals surface area contributed by atoms with E-state index in [1.54, 1.807) is 25.2 Å². The van der Waals surface area contributed by atoms with E-state index in [0.717, 1.165) is 23.8 Å². The standard InChI is InChI=1S/C15H22N4O3S/c1-10-9-23-12(16-10)11-8-18(6-7-22-11)4-5-19-13(20)15(2,3)17-14(19)21/h9,11H,4-8H2,1-3H3,(H,17,21)/t11-/m1/s1. The molecule has 0 unspecified atom stereocenters. The first-order valence-corrected chi connectivity index (χ1v) is 8.65. The van der Waals surface area contributed by atoms with Gasteiger partial charge < -0.3 is 10.1 Å². The van der Waals surface area contributed by atoms with Crippen molar-refractivity contribution in [3.63, 3.8) is 0 Å². The quantitative estimate of drug-likeness (QED) is 0.834. The van der Waals surface area contributed by atoms with Crippen LogP contribution < -0.4 is 5.32 Å². The van der Waals surface area contributed by atoms with Crippen molar-refractivity contribution in [3.05, 3.63) is 16.1 Å². The zero-order valence-electron chi connectivity index (χ0n) is 13.7. The van der Waals surface area contributed by atoms with E-state index in [9.17, 15) is 9.59 Å². The highest BCUT2D eigenvalue weighted by Gasteiger charge is 2.44. The summed E-state index contributed by atoms with van der Waals surface area (Å²) in [4.78, 5) is 32.1. The maximum Gasteiger partial charge on any atom is 0.325 e. The van der Waals surface area contributed by atoms with Gasteiger partial charge >= 0.3 is 6.03 Å². The first kappa shape index (κ1) is 16.4. The van der Waals surface area contributed by atoms with E-state index in [0.29, 0.717) is 19.7 Å². The van der Waals surface area contributed by atoms with Crippen LogP contribution in [0.15, 0.2) is 5.38 Å². The van der Waals surface area contributed by atoms with Crippen LogP contribution in [0.4, 0.5) is 4.79 Å². The third-order valence-electron chi connectivity index (χ3n) is 4.15. The molecule has 7 nitrogen and oxygen atoms in total. The van der Waals surface area contributed by atoms with Gasteiger partial charge in [-0.3, -0.25) is 14.6 Å². The van der Waals surface area contributed by atoms with Crippen molar-refractivity contribution in [3.8, 4) is 0 Å². The van der Waals surface area contributed by atoms with Crippen molar-refractivity contribution in [1.82, 2.24) is 20.1 Å². The SMILES string of the molecule is Cc1csc([C@H]2CN(CCN3C(=O)NC(C)(C)C3=O)CCO2)n1. The van der Waals surface area contributed by atoms with E-state index in [1.807, 2.05) is 12.3 Å². The lowest BCUT2D eigenvalue weighted by atomic mass is 10.1. The Morgan fingerprint density at radius 3 is 2.83 bits per heavy atom. The number of amides is 3. The highest BCUT2D eigenvalue weighted by atomic mass is 32.1. The van der Waals surface area contributed by atoms with Gasteiger partial charge in [0.1, 0.15) is 16.7 Å². The maximum atomic E-state index is 12.2. The summed E-state index contributed by atoms with van der Waals surface area (Å²) in [5.74, 6) is -0.164. The van der Waals surface area contributed by atoms with E-state index in [4.69, 9.17) is 4.74 Å². The van der Waals surface area contributed by atoms with Crippen LogP contribution in [-0.2, 0) is 9.53 Å². The predicted octanol–water partition coefficient (Wildman–Crippen LogP) is 1.16. The number of carbonyl (C=O) groups excluding carboxylic acids is 2. The van der Waals surface area contributed by atoms with Gasteiger partial charge in [-0.2, -0.15) is 0 Å². The zero-order valence-corrected chi connectivity index (χ0v) is 14.5. The Hall–Kier alpha value is -1.51. The van der Waals surface area contributed by atoms with E-state index < -0.39 is 5.54 Å². The van der Waals surface area contributed by atoms with Gasteiger partial charge in [0.25, 0.3) is 5.91 Å². The van der Waals surface area contributed by atoms with Crippen molar-refractivity contribution in [2.24, 2.45) is 0 Å². The van der Waals surface area contributed by atoms with Crippen LogP contribution in [0.5, 0.6) is 0 Å². The van der Waals surface area contributed by atoms with Crippen LogP contribution in [0.25, 0.3) is 0 Å². The molecule has 1 N–H and O–H groups in total. The monoisotopic (exact) mass is 338 g/mol. The van der Waals surface area contributed by atoms with Crippen LogP contribution in [0.3, 0.4) is 0 Å². The lowest BCUT2D eigenvalue weighted by Gasteiger charge is -2.32. The summed E-state index contributed by atoms with van der Waals surface area (Å²) in [5, 5.41) is 5.71. The van der Waals surface area contributed by atoms with Gasteiger partial charge in [0.15, 0.2) is 0 Å². The topological polar surface area (TPSA) is 74.8 Å². The molecule has 0 aromatic carbocycles. The summed E-state index contributed by atoms with van der Waals surface area (Å²) >= 11 is 1.61. The fraction of sp³-hybridized carbons (Fsp3) is 0.667. The number of carbonyl (C=O) groups is 2. The molecule has 0 aliphatic carbocycles. The van der Waals surface area contributed by atoms with Crippen molar-refractivity contribution < 1.29 is 14.3 Å². The van der Waals surface area contributed by atoms with Crippen LogP contribution in [0.2, 0.25) is 0 Å². The van der Waals surface area contributed by atoms with Crippen molar-refractivity contribution in [2.45, 2.75) is 32.4 Å². The molecule has 0 bridgehead atoms. The Labute approximate surface area is 139 Å². The second kappa shape index (κ2) is 6.18. The van der Waals surface area contributed by atoms with Crippen LogP contribution in [-0.4, -0.2) is 65.0 Å². The molecule has 3 rings (SSSR count). The minimum Gasteiger partial charge on any atom is -0.368 e. The van der Waals surface area contributed by atoms with Gasteiger partial charge in [-0.05, 0) is 20.8 Å². The molecule has 23 heavy (non-hydrogen) atoms. The number of ether oxygens (including phenoxy) is 1. The van der Waals surface area contributed by atoms with Crippen molar-refractivity contribution >= 4 is 23.3 Å². The molecule has 2 fully saturated rings. The van der Waals surface area contributed by atoms with Gasteiger partial charge in [-0.1, -0.05) is 0 Å². The number of morpholine rings is 1. The average Bonchev–Trinajstić information content (AvgIpc) is 3.00. The second-order valence-corrected chi connectivity index (χ2v) is 7.39.